The van der Waals surface area contributed by atoms with Crippen molar-refractivity contribution in [1.29, 1.82) is 0 Å². The van der Waals surface area contributed by atoms with Crippen molar-refractivity contribution < 1.29 is 19.4 Å². The average Bonchev–Trinajstić information content (AvgIpc) is 2.55. The molecule has 2 aromatic rings. The van der Waals surface area contributed by atoms with Gasteiger partial charge in [0, 0.05) is 24.0 Å². The summed E-state index contributed by atoms with van der Waals surface area (Å²) in [5, 5.41) is 12.1. The van der Waals surface area contributed by atoms with Crippen molar-refractivity contribution in [3.8, 4) is 5.75 Å². The highest BCUT2D eigenvalue weighted by Crippen LogP contribution is 2.23. The maximum Gasteiger partial charge on any atom is 0.411 e. The van der Waals surface area contributed by atoms with E-state index in [0.29, 0.717) is 16.8 Å². The van der Waals surface area contributed by atoms with E-state index >= 15 is 0 Å². The van der Waals surface area contributed by atoms with Gasteiger partial charge in [0.1, 0.15) is 5.75 Å². The zero-order valence-electron chi connectivity index (χ0n) is 12.5. The van der Waals surface area contributed by atoms with Crippen molar-refractivity contribution in [1.82, 2.24) is 4.98 Å². The van der Waals surface area contributed by atoms with Crippen molar-refractivity contribution in [2.24, 2.45) is 0 Å². The number of allylic oxidation sites excluding steroid dienone is 1. The van der Waals surface area contributed by atoms with Crippen molar-refractivity contribution in [3.63, 3.8) is 0 Å². The van der Waals surface area contributed by atoms with E-state index in [1.54, 1.807) is 31.2 Å². The molecule has 1 heterocycles. The molecule has 0 aliphatic heterocycles. The summed E-state index contributed by atoms with van der Waals surface area (Å²) in [6.45, 7) is 1.92. The van der Waals surface area contributed by atoms with Crippen LogP contribution in [0, 0.1) is 0 Å². The number of aromatic nitrogens is 1. The predicted octanol–water partition coefficient (Wildman–Crippen LogP) is 3.25. The fourth-order valence-corrected chi connectivity index (χ4v) is 1.85. The van der Waals surface area contributed by atoms with Gasteiger partial charge in [-0.25, -0.2) is 4.79 Å². The second-order valence-electron chi connectivity index (χ2n) is 4.55. The number of nitrogens with zero attached hydrogens (tertiary/aromatic N) is 1. The Kier molecular flexibility index (Phi) is 5.46. The number of benzene rings is 1. The first-order chi connectivity index (χ1) is 11.1. The third kappa shape index (κ3) is 4.67. The van der Waals surface area contributed by atoms with E-state index in [1.165, 1.54) is 30.6 Å². The van der Waals surface area contributed by atoms with Gasteiger partial charge in [-0.1, -0.05) is 0 Å². The first kappa shape index (κ1) is 16.2. The number of pyridine rings is 1. The van der Waals surface area contributed by atoms with E-state index in [9.17, 15) is 14.7 Å². The molecular formula is C17H16N2O4. The van der Waals surface area contributed by atoms with Crippen molar-refractivity contribution >= 4 is 23.6 Å². The maximum absolute atomic E-state index is 12.0. The molecule has 0 unspecified atom stereocenters. The third-order valence-corrected chi connectivity index (χ3v) is 2.93. The summed E-state index contributed by atoms with van der Waals surface area (Å²) in [6, 6.07) is 7.66. The second-order valence-corrected chi connectivity index (χ2v) is 4.55. The maximum atomic E-state index is 12.0. The molecule has 6 heteroatoms. The Balaban J connectivity index is 2.20. The Hall–Kier alpha value is -3.15. The summed E-state index contributed by atoms with van der Waals surface area (Å²) < 4.78 is 4.81. The molecule has 1 aromatic carbocycles. The molecule has 23 heavy (non-hydrogen) atoms. The van der Waals surface area contributed by atoms with Crippen LogP contribution in [0.1, 0.15) is 22.8 Å². The van der Waals surface area contributed by atoms with Crippen LogP contribution in [0.15, 0.2) is 48.8 Å². The molecule has 0 aliphatic carbocycles. The van der Waals surface area contributed by atoms with Gasteiger partial charge in [-0.05, 0) is 48.9 Å². The summed E-state index contributed by atoms with van der Waals surface area (Å²) in [7, 11) is 0. The monoisotopic (exact) mass is 312 g/mol. The molecule has 0 atom stereocenters. The Morgan fingerprint density at radius 3 is 2.70 bits per heavy atom. The number of carbonyl (C=O) groups excluding carboxylic acids is 2. The quantitative estimate of drug-likeness (QED) is 0.653. The molecule has 0 aliphatic rings. The normalized spacial score (nSPS) is 10.5. The molecule has 2 rings (SSSR count). The molecule has 0 saturated heterocycles. The van der Waals surface area contributed by atoms with Gasteiger partial charge >= 0.3 is 6.09 Å². The number of hydrogen-bond donors (Lipinski definition) is 2. The third-order valence-electron chi connectivity index (χ3n) is 2.93. The SMILES string of the molecule is CCOC(=O)Nc1cc(O)ccc1C=CC(=O)c1ccncc1. The Bertz CT molecular complexity index is 727. The van der Waals surface area contributed by atoms with Gasteiger partial charge in [0.15, 0.2) is 5.78 Å². The van der Waals surface area contributed by atoms with Crippen molar-refractivity contribution in [2.75, 3.05) is 11.9 Å². The molecule has 1 amide bonds. The topological polar surface area (TPSA) is 88.5 Å². The molecule has 0 bridgehead atoms. The summed E-state index contributed by atoms with van der Waals surface area (Å²) in [6.07, 6.45) is 5.39. The predicted molar refractivity (Wildman–Crippen MR) is 86.4 cm³/mol. The number of amides is 1. The Morgan fingerprint density at radius 2 is 2.00 bits per heavy atom. The second kappa shape index (κ2) is 7.74. The van der Waals surface area contributed by atoms with Gasteiger partial charge < -0.3 is 9.84 Å². The lowest BCUT2D eigenvalue weighted by molar-refractivity contribution is 0.104. The van der Waals surface area contributed by atoms with Crippen molar-refractivity contribution in [3.05, 3.63) is 59.9 Å². The lowest BCUT2D eigenvalue weighted by Gasteiger charge is -2.09. The highest BCUT2D eigenvalue weighted by Gasteiger charge is 2.08. The van der Waals surface area contributed by atoms with Crippen LogP contribution in [0.2, 0.25) is 0 Å². The van der Waals surface area contributed by atoms with Crippen LogP contribution < -0.4 is 5.32 Å². The van der Waals surface area contributed by atoms with E-state index < -0.39 is 6.09 Å². The average molecular weight is 312 g/mol. The summed E-state index contributed by atoms with van der Waals surface area (Å²) in [5.41, 5.74) is 1.43. The Labute approximate surface area is 133 Å². The van der Waals surface area contributed by atoms with Crippen LogP contribution in [-0.4, -0.2) is 28.6 Å². The van der Waals surface area contributed by atoms with Gasteiger partial charge in [-0.15, -0.1) is 0 Å². The largest absolute Gasteiger partial charge is 0.508 e. The smallest absolute Gasteiger partial charge is 0.411 e. The number of phenolic OH excluding ortho intramolecular Hbond substituents is 1. The van der Waals surface area contributed by atoms with Gasteiger partial charge in [-0.2, -0.15) is 0 Å². The van der Waals surface area contributed by atoms with Crippen LogP contribution in [-0.2, 0) is 4.74 Å². The number of carbonyl (C=O) groups is 2. The minimum atomic E-state index is -0.631. The van der Waals surface area contributed by atoms with Gasteiger partial charge in [0.2, 0.25) is 0 Å². The van der Waals surface area contributed by atoms with Gasteiger partial charge in [0.05, 0.1) is 12.3 Å². The highest BCUT2D eigenvalue weighted by atomic mass is 16.5. The fourth-order valence-electron chi connectivity index (χ4n) is 1.85. The summed E-state index contributed by atoms with van der Waals surface area (Å²) in [4.78, 5) is 27.4. The standard InChI is InChI=1S/C17H16N2O4/c1-2-23-17(22)19-15-11-14(20)5-3-12(15)4-6-16(21)13-7-9-18-10-8-13/h3-11,20H,2H2,1H3,(H,19,22). The van der Waals surface area contributed by atoms with Crippen LogP contribution in [0.5, 0.6) is 5.75 Å². The first-order valence-electron chi connectivity index (χ1n) is 6.99. The van der Waals surface area contributed by atoms with Crippen LogP contribution >= 0.6 is 0 Å². The minimum Gasteiger partial charge on any atom is -0.508 e. The minimum absolute atomic E-state index is 0.00518. The number of phenols is 1. The number of ketones is 1. The molecule has 2 N–H and O–H groups in total. The molecule has 1 aromatic heterocycles. The number of anilines is 1. The first-order valence-corrected chi connectivity index (χ1v) is 6.99. The van der Waals surface area contributed by atoms with Crippen LogP contribution in [0.3, 0.4) is 0 Å². The van der Waals surface area contributed by atoms with E-state index in [-0.39, 0.29) is 18.1 Å². The van der Waals surface area contributed by atoms with E-state index in [1.807, 2.05) is 0 Å². The molecule has 0 saturated carbocycles. The molecule has 0 spiro atoms. The van der Waals surface area contributed by atoms with Gasteiger partial charge in [-0.3, -0.25) is 15.1 Å². The number of rotatable bonds is 5. The van der Waals surface area contributed by atoms with E-state index in [2.05, 4.69) is 10.3 Å². The molecule has 0 fully saturated rings. The van der Waals surface area contributed by atoms with Crippen LogP contribution in [0.4, 0.5) is 10.5 Å². The molecule has 6 nitrogen and oxygen atoms in total. The fraction of sp³-hybridized carbons (Fsp3) is 0.118. The number of nitrogens with one attached hydrogen (secondary N) is 1. The Morgan fingerprint density at radius 1 is 1.26 bits per heavy atom. The number of ether oxygens (including phenoxy) is 1. The van der Waals surface area contributed by atoms with E-state index in [0.717, 1.165) is 0 Å². The van der Waals surface area contributed by atoms with Gasteiger partial charge in [0.25, 0.3) is 0 Å². The van der Waals surface area contributed by atoms with Crippen molar-refractivity contribution in [2.45, 2.75) is 6.92 Å². The lowest BCUT2D eigenvalue weighted by atomic mass is 10.1. The number of hydrogen-bond acceptors (Lipinski definition) is 5. The van der Waals surface area contributed by atoms with Crippen LogP contribution in [0.25, 0.3) is 6.08 Å². The summed E-state index contributed by atoms with van der Waals surface area (Å²) in [5.74, 6) is -0.197. The highest BCUT2D eigenvalue weighted by molar-refractivity contribution is 6.07. The lowest BCUT2D eigenvalue weighted by Crippen LogP contribution is -2.14. The summed E-state index contributed by atoms with van der Waals surface area (Å²) >= 11 is 0. The zero-order valence-corrected chi connectivity index (χ0v) is 12.5. The molecule has 0 radical (unpaired) electrons. The van der Waals surface area contributed by atoms with E-state index in [4.69, 9.17) is 4.74 Å². The molecule has 118 valence electrons. The molecular weight excluding hydrogens is 296 g/mol. The zero-order chi connectivity index (χ0) is 16.7. The number of aromatic hydroxyl groups is 1.